The van der Waals surface area contributed by atoms with Crippen molar-refractivity contribution in [1.82, 2.24) is 0 Å². The van der Waals surface area contributed by atoms with Crippen LogP contribution in [-0.2, 0) is 0 Å². The summed E-state index contributed by atoms with van der Waals surface area (Å²) >= 11 is 0. The van der Waals surface area contributed by atoms with E-state index in [-0.39, 0.29) is 5.75 Å². The number of hydrogen-bond acceptors (Lipinski definition) is 4. The van der Waals surface area contributed by atoms with E-state index in [0.717, 1.165) is 33.2 Å². The van der Waals surface area contributed by atoms with Gasteiger partial charge >= 0.3 is 0 Å². The lowest BCUT2D eigenvalue weighted by molar-refractivity contribution is 0.477. The van der Waals surface area contributed by atoms with Crippen molar-refractivity contribution in [2.75, 3.05) is 19.4 Å². The van der Waals surface area contributed by atoms with Crippen LogP contribution in [-0.4, -0.2) is 19.2 Å². The molecule has 2 N–H and O–H groups in total. The second-order valence-corrected chi connectivity index (χ2v) is 4.73. The number of anilines is 1. The maximum absolute atomic E-state index is 10.4. The van der Waals surface area contributed by atoms with Crippen LogP contribution >= 0.6 is 0 Å². The molecule has 4 heteroatoms. The van der Waals surface area contributed by atoms with Gasteiger partial charge < -0.3 is 10.4 Å². The summed E-state index contributed by atoms with van der Waals surface area (Å²) in [5.41, 5.74) is 4.63. The fourth-order valence-electron chi connectivity index (χ4n) is 2.42. The molecule has 0 unspecified atom stereocenters. The average molecular weight is 257 g/mol. The first-order valence-corrected chi connectivity index (χ1v) is 6.25. The zero-order valence-corrected chi connectivity index (χ0v) is 12.0. The van der Waals surface area contributed by atoms with Crippen LogP contribution in [0.5, 0.6) is 5.75 Å². The maximum Gasteiger partial charge on any atom is 0.128 e. The van der Waals surface area contributed by atoms with Gasteiger partial charge in [0.25, 0.3) is 0 Å². The maximum atomic E-state index is 10.4. The highest BCUT2D eigenvalue weighted by Crippen LogP contribution is 2.43. The number of fused-ring (bicyclic) bond motifs is 1. The zero-order valence-electron chi connectivity index (χ0n) is 12.0. The molecule has 0 aliphatic heterocycles. The largest absolute Gasteiger partial charge is 0.507 e. The molecule has 0 aromatic heterocycles. The van der Waals surface area contributed by atoms with Crippen LogP contribution in [0.4, 0.5) is 11.4 Å². The molecule has 0 fully saturated rings. The molecule has 2 aromatic carbocycles. The average Bonchev–Trinajstić information content (AvgIpc) is 2.36. The van der Waals surface area contributed by atoms with Gasteiger partial charge in [-0.2, -0.15) is 10.2 Å². The lowest BCUT2D eigenvalue weighted by Crippen LogP contribution is -1.95. The summed E-state index contributed by atoms with van der Waals surface area (Å²) in [5, 5.41) is 23.4. The Labute approximate surface area is 113 Å². The predicted molar refractivity (Wildman–Crippen MR) is 79.8 cm³/mol. The van der Waals surface area contributed by atoms with Gasteiger partial charge in [0.1, 0.15) is 11.4 Å². The summed E-state index contributed by atoms with van der Waals surface area (Å²) in [6.45, 7) is 5.93. The third kappa shape index (κ3) is 2.03. The minimum atomic E-state index is 0.286. The third-order valence-corrected chi connectivity index (χ3v) is 3.53. The normalized spacial score (nSPS) is 11.4. The molecule has 0 saturated heterocycles. The highest BCUT2D eigenvalue weighted by molar-refractivity contribution is 6.04. The number of azo groups is 1. The number of benzene rings is 2. The Morgan fingerprint density at radius 1 is 1.11 bits per heavy atom. The third-order valence-electron chi connectivity index (χ3n) is 3.53. The number of rotatable bonds is 2. The molecule has 0 saturated carbocycles. The van der Waals surface area contributed by atoms with Crippen LogP contribution in [0, 0.1) is 20.8 Å². The SMILES string of the molecule is CN=Nc1c(NC)c(C)cc2cc(C)c(C)c(O)c12. The fourth-order valence-corrected chi connectivity index (χ4v) is 2.42. The van der Waals surface area contributed by atoms with Gasteiger partial charge in [-0.1, -0.05) is 6.07 Å². The summed E-state index contributed by atoms with van der Waals surface area (Å²) < 4.78 is 0. The molecule has 0 amide bonds. The van der Waals surface area contributed by atoms with Gasteiger partial charge in [-0.25, -0.2) is 0 Å². The van der Waals surface area contributed by atoms with Gasteiger partial charge in [0.05, 0.1) is 11.1 Å². The Kier molecular flexibility index (Phi) is 3.42. The Morgan fingerprint density at radius 3 is 2.32 bits per heavy atom. The quantitative estimate of drug-likeness (QED) is 0.791. The smallest absolute Gasteiger partial charge is 0.128 e. The van der Waals surface area contributed by atoms with Crippen molar-refractivity contribution in [3.05, 3.63) is 28.8 Å². The number of nitrogens with zero attached hydrogens (tertiary/aromatic N) is 2. The van der Waals surface area contributed by atoms with E-state index < -0.39 is 0 Å². The van der Waals surface area contributed by atoms with Gasteiger partial charge in [-0.15, -0.1) is 0 Å². The van der Waals surface area contributed by atoms with Crippen molar-refractivity contribution in [1.29, 1.82) is 0 Å². The van der Waals surface area contributed by atoms with Gasteiger partial charge in [0, 0.05) is 14.1 Å². The first kappa shape index (κ1) is 13.3. The first-order chi connectivity index (χ1) is 9.01. The van der Waals surface area contributed by atoms with Crippen molar-refractivity contribution in [2.24, 2.45) is 10.2 Å². The van der Waals surface area contributed by atoms with E-state index in [0.29, 0.717) is 5.69 Å². The molecule has 0 spiro atoms. The first-order valence-electron chi connectivity index (χ1n) is 6.25. The van der Waals surface area contributed by atoms with Crippen LogP contribution in [0.2, 0.25) is 0 Å². The molecule has 0 radical (unpaired) electrons. The molecular weight excluding hydrogens is 238 g/mol. The molecule has 2 aromatic rings. The van der Waals surface area contributed by atoms with Crippen molar-refractivity contribution in [2.45, 2.75) is 20.8 Å². The number of phenolic OH excluding ortho intramolecular Hbond substituents is 1. The molecule has 0 atom stereocenters. The number of aromatic hydroxyl groups is 1. The second kappa shape index (κ2) is 4.88. The van der Waals surface area contributed by atoms with E-state index in [1.807, 2.05) is 27.8 Å². The molecule has 0 aliphatic carbocycles. The summed E-state index contributed by atoms with van der Waals surface area (Å²) in [6.07, 6.45) is 0. The van der Waals surface area contributed by atoms with Gasteiger partial charge in [0.2, 0.25) is 0 Å². The van der Waals surface area contributed by atoms with E-state index >= 15 is 0 Å². The molecule has 0 bridgehead atoms. The Balaban J connectivity index is 3.02. The Bertz CT molecular complexity index is 675. The van der Waals surface area contributed by atoms with Gasteiger partial charge in [-0.3, -0.25) is 0 Å². The lowest BCUT2D eigenvalue weighted by Gasteiger charge is -2.15. The van der Waals surface area contributed by atoms with Crippen molar-refractivity contribution >= 4 is 22.1 Å². The van der Waals surface area contributed by atoms with Crippen LogP contribution in [0.25, 0.3) is 10.8 Å². The summed E-state index contributed by atoms with van der Waals surface area (Å²) in [6, 6.07) is 4.13. The predicted octanol–water partition coefficient (Wildman–Crippen LogP) is 4.23. The Hall–Kier alpha value is -2.10. The van der Waals surface area contributed by atoms with Crippen LogP contribution in [0.1, 0.15) is 16.7 Å². The highest BCUT2D eigenvalue weighted by atomic mass is 16.3. The van der Waals surface area contributed by atoms with E-state index in [1.165, 1.54) is 0 Å². The monoisotopic (exact) mass is 257 g/mol. The summed E-state index contributed by atoms with van der Waals surface area (Å²) in [4.78, 5) is 0. The number of phenols is 1. The minimum absolute atomic E-state index is 0.286. The molecule has 2 rings (SSSR count). The fraction of sp³-hybridized carbons (Fsp3) is 0.333. The van der Waals surface area contributed by atoms with E-state index in [9.17, 15) is 5.11 Å². The van der Waals surface area contributed by atoms with Gasteiger partial charge in [0.15, 0.2) is 0 Å². The topological polar surface area (TPSA) is 57.0 Å². The molecular formula is C15H19N3O. The van der Waals surface area contributed by atoms with Gasteiger partial charge in [-0.05, 0) is 48.9 Å². The number of hydrogen-bond donors (Lipinski definition) is 2. The summed E-state index contributed by atoms with van der Waals surface area (Å²) in [5.74, 6) is 0.286. The minimum Gasteiger partial charge on any atom is -0.507 e. The van der Waals surface area contributed by atoms with Crippen LogP contribution < -0.4 is 5.32 Å². The molecule has 4 nitrogen and oxygen atoms in total. The number of nitrogens with one attached hydrogen (secondary N) is 1. The molecule has 0 aliphatic rings. The molecule has 0 heterocycles. The van der Waals surface area contributed by atoms with Crippen molar-refractivity contribution in [3.63, 3.8) is 0 Å². The van der Waals surface area contributed by atoms with Crippen LogP contribution in [0.3, 0.4) is 0 Å². The lowest BCUT2D eigenvalue weighted by atomic mass is 9.97. The van der Waals surface area contributed by atoms with E-state index in [1.54, 1.807) is 7.05 Å². The Morgan fingerprint density at radius 2 is 1.74 bits per heavy atom. The molecule has 100 valence electrons. The van der Waals surface area contributed by atoms with E-state index in [2.05, 4.69) is 27.7 Å². The standard InChI is InChI=1S/C15H19N3O/c1-8-6-11-7-9(2)13(16-4)14(18-17-5)12(11)15(19)10(8)3/h6-7,16,19H,1-5H3. The second-order valence-electron chi connectivity index (χ2n) is 4.73. The molecule has 19 heavy (non-hydrogen) atoms. The van der Waals surface area contributed by atoms with Crippen molar-refractivity contribution in [3.8, 4) is 5.75 Å². The highest BCUT2D eigenvalue weighted by Gasteiger charge is 2.16. The van der Waals surface area contributed by atoms with E-state index in [4.69, 9.17) is 0 Å². The number of aryl methyl sites for hydroxylation is 2. The van der Waals surface area contributed by atoms with Crippen molar-refractivity contribution < 1.29 is 5.11 Å². The summed E-state index contributed by atoms with van der Waals surface area (Å²) in [7, 11) is 3.48. The zero-order chi connectivity index (χ0) is 14.2. The van der Waals surface area contributed by atoms with Crippen LogP contribution in [0.15, 0.2) is 22.4 Å².